The molecule has 0 rings (SSSR count). The van der Waals surface area contributed by atoms with Crippen molar-refractivity contribution < 1.29 is 14.3 Å². The number of carbonyl (C=O) groups is 2. The second-order valence-corrected chi connectivity index (χ2v) is 2.24. The Morgan fingerprint density at radius 2 is 2.09 bits per heavy atom. The van der Waals surface area contributed by atoms with E-state index >= 15 is 0 Å². The van der Waals surface area contributed by atoms with Crippen molar-refractivity contribution in [3.8, 4) is 0 Å². The molecule has 1 amide bonds. The summed E-state index contributed by atoms with van der Waals surface area (Å²) in [5.74, 6) is -0.277. The average Bonchev–Trinajstić information content (AvgIpc) is 1.96. The van der Waals surface area contributed by atoms with Crippen molar-refractivity contribution >= 4 is 12.4 Å². The summed E-state index contributed by atoms with van der Waals surface area (Å²) in [6.45, 7) is 0.857. The molecular weight excluding hydrogens is 146 g/mol. The molecule has 0 aliphatic heterocycles. The van der Waals surface area contributed by atoms with Gasteiger partial charge in [0.1, 0.15) is 0 Å². The normalized spacial score (nSPS) is 9.09. The van der Waals surface area contributed by atoms with Gasteiger partial charge in [0.2, 0.25) is 5.91 Å². The Morgan fingerprint density at radius 3 is 2.64 bits per heavy atom. The fourth-order valence-corrected chi connectivity index (χ4v) is 0.710. The number of hydrogen-bond acceptors (Lipinski definition) is 3. The number of amides is 1. The Balaban J connectivity index is 2.90. The van der Waals surface area contributed by atoms with Crippen LogP contribution in [0.4, 0.5) is 0 Å². The van der Waals surface area contributed by atoms with E-state index in [1.807, 2.05) is 0 Å². The van der Waals surface area contributed by atoms with Crippen LogP contribution in [0.25, 0.3) is 0 Å². The van der Waals surface area contributed by atoms with Crippen molar-refractivity contribution in [3.63, 3.8) is 0 Å². The van der Waals surface area contributed by atoms with Crippen molar-refractivity contribution in [1.29, 1.82) is 0 Å². The number of nitrogens with two attached hydrogens (primary N) is 1. The molecule has 0 saturated carbocycles. The van der Waals surface area contributed by atoms with Gasteiger partial charge in [-0.05, 0) is 19.3 Å². The summed E-state index contributed by atoms with van der Waals surface area (Å²) >= 11 is 0. The Kier molecular flexibility index (Phi) is 6.37. The molecule has 0 aromatic heterocycles. The lowest BCUT2D eigenvalue weighted by Crippen LogP contribution is -2.09. The lowest BCUT2D eigenvalue weighted by Gasteiger charge is -1.97. The van der Waals surface area contributed by atoms with Crippen molar-refractivity contribution in [2.24, 2.45) is 5.73 Å². The van der Waals surface area contributed by atoms with Crippen molar-refractivity contribution in [3.05, 3.63) is 0 Å². The van der Waals surface area contributed by atoms with Crippen LogP contribution < -0.4 is 5.73 Å². The van der Waals surface area contributed by atoms with Crippen molar-refractivity contribution in [2.45, 2.75) is 25.7 Å². The Bertz CT molecular complexity index is 125. The SMILES string of the molecule is NC(=O)CCCCCOC=O. The molecule has 2 N–H and O–H groups in total. The summed E-state index contributed by atoms with van der Waals surface area (Å²) in [6, 6.07) is 0. The highest BCUT2D eigenvalue weighted by atomic mass is 16.5. The maximum atomic E-state index is 10.2. The highest BCUT2D eigenvalue weighted by molar-refractivity contribution is 5.73. The molecule has 11 heavy (non-hydrogen) atoms. The van der Waals surface area contributed by atoms with E-state index in [-0.39, 0.29) is 5.91 Å². The molecule has 0 heterocycles. The van der Waals surface area contributed by atoms with E-state index in [9.17, 15) is 9.59 Å². The van der Waals surface area contributed by atoms with E-state index in [0.717, 1.165) is 19.3 Å². The smallest absolute Gasteiger partial charge is 0.293 e. The van der Waals surface area contributed by atoms with Gasteiger partial charge in [0.25, 0.3) is 6.47 Å². The summed E-state index contributed by atoms with van der Waals surface area (Å²) in [5.41, 5.74) is 4.91. The zero-order chi connectivity index (χ0) is 8.53. The third-order valence-electron chi connectivity index (χ3n) is 1.25. The predicted octanol–water partition coefficient (Wildman–Crippen LogP) is 0.205. The summed E-state index contributed by atoms with van der Waals surface area (Å²) < 4.78 is 4.44. The van der Waals surface area contributed by atoms with Crippen molar-refractivity contribution in [1.82, 2.24) is 0 Å². The Morgan fingerprint density at radius 1 is 1.36 bits per heavy atom. The molecule has 0 radical (unpaired) electrons. The fourth-order valence-electron chi connectivity index (χ4n) is 0.710. The van der Waals surface area contributed by atoms with E-state index in [1.54, 1.807) is 0 Å². The van der Waals surface area contributed by atoms with E-state index in [1.165, 1.54) is 0 Å². The molecule has 64 valence electrons. The van der Waals surface area contributed by atoms with Gasteiger partial charge >= 0.3 is 0 Å². The number of carbonyl (C=O) groups excluding carboxylic acids is 2. The lowest BCUT2D eigenvalue weighted by atomic mass is 10.2. The molecule has 0 fully saturated rings. The number of unbranched alkanes of at least 4 members (excludes halogenated alkanes) is 2. The van der Waals surface area contributed by atoms with E-state index in [0.29, 0.717) is 19.5 Å². The van der Waals surface area contributed by atoms with Gasteiger partial charge in [-0.15, -0.1) is 0 Å². The molecule has 4 nitrogen and oxygen atoms in total. The third kappa shape index (κ3) is 8.94. The topological polar surface area (TPSA) is 69.4 Å². The van der Waals surface area contributed by atoms with E-state index in [4.69, 9.17) is 5.73 Å². The number of hydrogen-bond donors (Lipinski definition) is 1. The largest absolute Gasteiger partial charge is 0.468 e. The zero-order valence-corrected chi connectivity index (χ0v) is 6.41. The van der Waals surface area contributed by atoms with Gasteiger partial charge in [-0.3, -0.25) is 9.59 Å². The summed E-state index contributed by atoms with van der Waals surface area (Å²) in [4.78, 5) is 19.9. The Labute approximate surface area is 65.7 Å². The summed E-state index contributed by atoms with van der Waals surface area (Å²) in [7, 11) is 0. The molecule has 0 aliphatic rings. The third-order valence-corrected chi connectivity index (χ3v) is 1.25. The lowest BCUT2D eigenvalue weighted by molar-refractivity contribution is -0.128. The molecule has 0 aromatic carbocycles. The highest BCUT2D eigenvalue weighted by Gasteiger charge is 1.93. The minimum absolute atomic E-state index is 0.277. The summed E-state index contributed by atoms with van der Waals surface area (Å²) in [6.07, 6.45) is 2.86. The van der Waals surface area contributed by atoms with Gasteiger partial charge in [0.15, 0.2) is 0 Å². The molecule has 0 atom stereocenters. The maximum absolute atomic E-state index is 10.2. The quantitative estimate of drug-likeness (QED) is 0.426. The maximum Gasteiger partial charge on any atom is 0.293 e. The second kappa shape index (κ2) is 7.05. The highest BCUT2D eigenvalue weighted by Crippen LogP contribution is 1.98. The van der Waals surface area contributed by atoms with Crippen LogP contribution in [0.3, 0.4) is 0 Å². The van der Waals surface area contributed by atoms with Crippen LogP contribution >= 0.6 is 0 Å². The first-order valence-corrected chi connectivity index (χ1v) is 3.61. The molecule has 0 aliphatic carbocycles. The molecule has 4 heteroatoms. The van der Waals surface area contributed by atoms with Gasteiger partial charge in [-0.1, -0.05) is 0 Å². The van der Waals surface area contributed by atoms with E-state index in [2.05, 4.69) is 4.74 Å². The zero-order valence-electron chi connectivity index (χ0n) is 6.41. The first-order chi connectivity index (χ1) is 5.27. The minimum atomic E-state index is -0.277. The van der Waals surface area contributed by atoms with Gasteiger partial charge in [-0.2, -0.15) is 0 Å². The van der Waals surface area contributed by atoms with Gasteiger partial charge < -0.3 is 10.5 Å². The van der Waals surface area contributed by atoms with Crippen LogP contribution in [-0.4, -0.2) is 19.0 Å². The first-order valence-electron chi connectivity index (χ1n) is 3.61. The van der Waals surface area contributed by atoms with Crippen LogP contribution in [0.15, 0.2) is 0 Å². The summed E-state index contributed by atoms with van der Waals surface area (Å²) in [5, 5.41) is 0. The minimum Gasteiger partial charge on any atom is -0.468 e. The fraction of sp³-hybridized carbons (Fsp3) is 0.714. The number of ether oxygens (including phenoxy) is 1. The first kappa shape index (κ1) is 9.94. The van der Waals surface area contributed by atoms with Crippen LogP contribution in [0.2, 0.25) is 0 Å². The van der Waals surface area contributed by atoms with Gasteiger partial charge in [-0.25, -0.2) is 0 Å². The van der Waals surface area contributed by atoms with Gasteiger partial charge in [0, 0.05) is 6.42 Å². The molecular formula is C7H13NO3. The number of primary amides is 1. The Hall–Kier alpha value is -1.06. The van der Waals surface area contributed by atoms with Crippen molar-refractivity contribution in [2.75, 3.05) is 6.61 Å². The average molecular weight is 159 g/mol. The van der Waals surface area contributed by atoms with Crippen LogP contribution in [0.1, 0.15) is 25.7 Å². The van der Waals surface area contributed by atoms with Gasteiger partial charge in [0.05, 0.1) is 6.61 Å². The van der Waals surface area contributed by atoms with Crippen LogP contribution in [0, 0.1) is 0 Å². The molecule has 0 unspecified atom stereocenters. The molecule has 0 aromatic rings. The monoisotopic (exact) mass is 159 g/mol. The molecule has 0 bridgehead atoms. The van der Waals surface area contributed by atoms with Crippen LogP contribution in [0.5, 0.6) is 0 Å². The number of rotatable bonds is 7. The van der Waals surface area contributed by atoms with E-state index < -0.39 is 0 Å². The second-order valence-electron chi connectivity index (χ2n) is 2.24. The predicted molar refractivity (Wildman–Crippen MR) is 39.7 cm³/mol. The molecule has 0 saturated heterocycles. The van der Waals surface area contributed by atoms with Crippen LogP contribution in [-0.2, 0) is 14.3 Å². The molecule has 0 spiro atoms. The standard InChI is InChI=1S/C7H13NO3/c8-7(10)4-2-1-3-5-11-6-9/h6H,1-5H2,(H2,8,10).